The van der Waals surface area contributed by atoms with Gasteiger partial charge in [0.15, 0.2) is 23.1 Å². The van der Waals surface area contributed by atoms with Gasteiger partial charge in [-0.3, -0.25) is 4.99 Å². The summed E-state index contributed by atoms with van der Waals surface area (Å²) in [5, 5.41) is 33.4. The maximum Gasteiger partial charge on any atom is 0.343 e. The molecule has 4 aromatic heterocycles. The number of ether oxygens (including phenoxy) is 3. The number of carbonyl (C=O) groups excluding carboxylic acids is 2. The molecule has 2 aromatic carbocycles. The summed E-state index contributed by atoms with van der Waals surface area (Å²) in [6.45, 7) is 3.30. The van der Waals surface area contributed by atoms with Crippen LogP contribution in [0.3, 0.4) is 0 Å². The van der Waals surface area contributed by atoms with Crippen LogP contribution in [0.25, 0.3) is 17.3 Å². The Morgan fingerprint density at radius 2 is 1.33 bits per heavy atom. The van der Waals surface area contributed by atoms with Crippen LogP contribution in [0.1, 0.15) is 33.3 Å². The van der Waals surface area contributed by atoms with Crippen molar-refractivity contribution >= 4 is 46.7 Å². The van der Waals surface area contributed by atoms with Crippen molar-refractivity contribution < 1.29 is 23.8 Å². The molecule has 0 aliphatic heterocycles. The Morgan fingerprint density at radius 3 is 1.86 bits per heavy atom. The molecule has 0 amide bonds. The second kappa shape index (κ2) is 16.9. The zero-order chi connectivity index (χ0) is 40.6. The van der Waals surface area contributed by atoms with E-state index in [0.717, 1.165) is 0 Å². The Balaban J connectivity index is 1.36. The van der Waals surface area contributed by atoms with Gasteiger partial charge >= 0.3 is 17.9 Å². The number of rotatable bonds is 13. The molecule has 0 saturated heterocycles. The first-order valence-corrected chi connectivity index (χ1v) is 16.7. The number of esters is 2. The van der Waals surface area contributed by atoms with Crippen LogP contribution < -0.4 is 21.5 Å². The molecule has 0 saturated carbocycles. The van der Waals surface area contributed by atoms with Crippen LogP contribution in [0.5, 0.6) is 6.01 Å². The van der Waals surface area contributed by atoms with E-state index in [4.69, 9.17) is 25.7 Å². The summed E-state index contributed by atoms with van der Waals surface area (Å²) in [4.78, 5) is 42.4. The molecule has 0 fully saturated rings. The fourth-order valence-electron chi connectivity index (χ4n) is 5.10. The van der Waals surface area contributed by atoms with Gasteiger partial charge in [-0.2, -0.15) is 34.9 Å². The van der Waals surface area contributed by atoms with Gasteiger partial charge < -0.3 is 31.0 Å². The number of nitrogens with one attached hydrogen (secondary N) is 1. The van der Waals surface area contributed by atoms with Gasteiger partial charge in [-0.25, -0.2) is 19.0 Å². The van der Waals surface area contributed by atoms with Crippen LogP contribution in [0.15, 0.2) is 110 Å². The van der Waals surface area contributed by atoms with Gasteiger partial charge in [0.1, 0.15) is 22.6 Å². The molecule has 5 N–H and O–H groups in total. The summed E-state index contributed by atoms with van der Waals surface area (Å²) in [6.07, 6.45) is 2.66. The molecule has 6 rings (SSSR count). The van der Waals surface area contributed by atoms with Crippen LogP contribution in [-0.2, 0) is 9.47 Å². The number of aromatic nitrogens is 9. The molecule has 0 bridgehead atoms. The first-order chi connectivity index (χ1) is 27.6. The molecule has 4 heterocycles. The van der Waals surface area contributed by atoms with E-state index >= 15 is 0 Å². The van der Waals surface area contributed by atoms with Crippen molar-refractivity contribution in [3.05, 3.63) is 101 Å². The molecule has 0 spiro atoms. The molecule has 0 aliphatic carbocycles. The third-order valence-corrected chi connectivity index (χ3v) is 8.01. The first kappa shape index (κ1) is 38.6. The van der Waals surface area contributed by atoms with Crippen molar-refractivity contribution in [3.63, 3.8) is 0 Å². The minimum absolute atomic E-state index is 0.00995. The number of hydrogen-bond acceptors (Lipinski definition) is 19. The second-order valence-electron chi connectivity index (χ2n) is 11.5. The number of nitrogen functional groups attached to an aromatic ring is 1. The maximum absolute atomic E-state index is 12.6. The van der Waals surface area contributed by atoms with Crippen LogP contribution in [0.4, 0.5) is 29.1 Å². The number of methoxy groups -OCH3 is 3. The van der Waals surface area contributed by atoms with E-state index in [1.165, 1.54) is 47.8 Å². The van der Waals surface area contributed by atoms with Crippen LogP contribution in [-0.4, -0.2) is 90.3 Å². The Bertz CT molecular complexity index is 2550. The monoisotopic (exact) mass is 773 g/mol. The van der Waals surface area contributed by atoms with E-state index in [1.54, 1.807) is 45.2 Å². The van der Waals surface area contributed by atoms with E-state index in [0.29, 0.717) is 22.8 Å². The number of benzene rings is 2. The van der Waals surface area contributed by atoms with Crippen molar-refractivity contribution in [2.45, 2.75) is 13.8 Å². The molecular weight excluding hydrogens is 738 g/mol. The molecule has 22 nitrogen and oxygen atoms in total. The summed E-state index contributed by atoms with van der Waals surface area (Å²) < 4.78 is 19.3. The SMILES string of the molecule is C/N=C(/C)C(/N=N/c1c(C(=O)OC)cnn1-c1ccccc1)=C(N)Nc1nc(OC)nc(-n2nc(C)c(/N=N/c3c(C(=O)OC)cnn3-c3ccccc3)c2N)n1. The van der Waals surface area contributed by atoms with E-state index in [1.807, 2.05) is 36.4 Å². The van der Waals surface area contributed by atoms with Crippen LogP contribution in [0, 0.1) is 6.92 Å². The van der Waals surface area contributed by atoms with Crippen molar-refractivity contribution in [1.29, 1.82) is 0 Å². The summed E-state index contributed by atoms with van der Waals surface area (Å²) >= 11 is 0. The summed E-state index contributed by atoms with van der Waals surface area (Å²) in [5.74, 6) is -1.42. The molecule has 0 aliphatic rings. The van der Waals surface area contributed by atoms with Gasteiger partial charge in [0, 0.05) is 7.05 Å². The number of nitrogens with zero attached hydrogens (tertiary/aromatic N) is 14. The van der Waals surface area contributed by atoms with Crippen molar-refractivity contribution in [2.75, 3.05) is 39.4 Å². The predicted octanol–water partition coefficient (Wildman–Crippen LogP) is 4.73. The number of carbonyl (C=O) groups is 2. The molecule has 22 heteroatoms. The topological polar surface area (TPSA) is 280 Å². The average Bonchev–Trinajstić information content (AvgIpc) is 3.94. The van der Waals surface area contributed by atoms with Gasteiger partial charge in [-0.15, -0.1) is 20.5 Å². The van der Waals surface area contributed by atoms with E-state index in [2.05, 4.69) is 61.0 Å². The number of nitrogens with two attached hydrogens (primary N) is 2. The largest absolute Gasteiger partial charge is 0.467 e. The Labute approximate surface area is 323 Å². The molecule has 0 radical (unpaired) electrons. The number of para-hydroxylation sites is 2. The predicted molar refractivity (Wildman–Crippen MR) is 205 cm³/mol. The van der Waals surface area contributed by atoms with Gasteiger partial charge in [0.25, 0.3) is 5.95 Å². The lowest BCUT2D eigenvalue weighted by Gasteiger charge is -2.11. The van der Waals surface area contributed by atoms with Crippen LogP contribution in [0.2, 0.25) is 0 Å². The third-order valence-electron chi connectivity index (χ3n) is 8.01. The fourth-order valence-corrected chi connectivity index (χ4v) is 5.10. The number of aryl methyl sites for hydroxylation is 1. The van der Waals surface area contributed by atoms with Gasteiger partial charge in [-0.05, 0) is 38.1 Å². The first-order valence-electron chi connectivity index (χ1n) is 16.7. The zero-order valence-corrected chi connectivity index (χ0v) is 31.4. The molecule has 0 unspecified atom stereocenters. The second-order valence-corrected chi connectivity index (χ2v) is 11.5. The number of aliphatic imine (C=N–C) groups is 1. The maximum atomic E-state index is 12.6. The molecule has 290 valence electrons. The van der Waals surface area contributed by atoms with Crippen molar-refractivity contribution in [1.82, 2.24) is 44.3 Å². The normalized spacial score (nSPS) is 12.2. The minimum atomic E-state index is -0.670. The number of anilines is 2. The molecule has 6 aromatic rings. The highest BCUT2D eigenvalue weighted by Gasteiger charge is 2.23. The average molecular weight is 774 g/mol. The lowest BCUT2D eigenvalue weighted by Crippen LogP contribution is -2.18. The highest BCUT2D eigenvalue weighted by molar-refractivity contribution is 5.99. The zero-order valence-electron chi connectivity index (χ0n) is 31.4. The minimum Gasteiger partial charge on any atom is -0.467 e. The Morgan fingerprint density at radius 1 is 0.772 bits per heavy atom. The number of allylic oxidation sites excluding steroid dienone is 1. The molecule has 0 atom stereocenters. The highest BCUT2D eigenvalue weighted by atomic mass is 16.5. The quantitative estimate of drug-likeness (QED) is 0.0813. The smallest absolute Gasteiger partial charge is 0.343 e. The van der Waals surface area contributed by atoms with E-state index in [9.17, 15) is 9.59 Å². The molecule has 57 heavy (non-hydrogen) atoms. The van der Waals surface area contributed by atoms with E-state index < -0.39 is 11.9 Å². The van der Waals surface area contributed by atoms with Gasteiger partial charge in [0.2, 0.25) is 5.95 Å². The summed E-state index contributed by atoms with van der Waals surface area (Å²) in [6, 6.07) is 17.9. The fraction of sp³-hybridized carbons (Fsp3) is 0.171. The highest BCUT2D eigenvalue weighted by Crippen LogP contribution is 2.32. The third kappa shape index (κ3) is 8.03. The molecular formula is C35H35N17O5. The lowest BCUT2D eigenvalue weighted by molar-refractivity contribution is 0.0592. The lowest BCUT2D eigenvalue weighted by atomic mass is 10.3. The van der Waals surface area contributed by atoms with Crippen molar-refractivity contribution in [3.8, 4) is 23.3 Å². The van der Waals surface area contributed by atoms with Gasteiger partial charge in [-0.1, -0.05) is 36.4 Å². The van der Waals surface area contributed by atoms with Gasteiger partial charge in [0.05, 0.1) is 56.5 Å². The van der Waals surface area contributed by atoms with E-state index in [-0.39, 0.29) is 63.7 Å². The Kier molecular flexibility index (Phi) is 11.4. The standard InChI is InChI=1S/C35H35N17O5/c1-19(38-3)25(45-47-29-23(31(53)55-4)17-39-50(29)21-13-9-7-10-14-21)27(36)41-33-42-34(44-35(43-33)57-6)52-28(37)26(20(2)49-52)46-48-30-24(32(54)56-5)18-40-51(30)22-15-11-8-12-16-22/h7-18H,36-37H2,1-6H3,(H,41,42,43,44)/b27-25?,38-19-,47-45+,48-46+. The Hall–Kier alpha value is -8.17. The summed E-state index contributed by atoms with van der Waals surface area (Å²) in [5.41, 5.74) is 15.4. The van der Waals surface area contributed by atoms with Crippen molar-refractivity contribution in [2.24, 2.45) is 31.2 Å². The summed E-state index contributed by atoms with van der Waals surface area (Å²) in [7, 11) is 5.39. The van der Waals surface area contributed by atoms with Crippen LogP contribution >= 0.6 is 0 Å². The number of azo groups is 2. The number of hydrogen-bond donors (Lipinski definition) is 3.